The lowest BCUT2D eigenvalue weighted by Gasteiger charge is -2.21. The first-order chi connectivity index (χ1) is 28.2. The molecule has 9 aromatic rings. The van der Waals surface area contributed by atoms with Gasteiger partial charge in [0, 0.05) is 49.7 Å². The third kappa shape index (κ3) is 5.60. The molecule has 0 saturated heterocycles. The summed E-state index contributed by atoms with van der Waals surface area (Å²) in [5.41, 5.74) is 11.3. The number of hydrogen-bond acceptors (Lipinski definition) is 3. The quantitative estimate of drug-likeness (QED) is 0.141. The molecule has 270 valence electrons. The van der Waals surface area contributed by atoms with Gasteiger partial charge in [-0.15, -0.1) is 0 Å². The molecule has 0 bridgehead atoms. The maximum Gasteiger partial charge on any atom is 0.165 e. The van der Waals surface area contributed by atoms with E-state index in [4.69, 9.17) is 19.8 Å². The maximum absolute atomic E-state index is 8.90. The molecule has 0 amide bonds. The second kappa shape index (κ2) is 13.6. The van der Waals surface area contributed by atoms with Crippen molar-refractivity contribution in [1.82, 2.24) is 4.57 Å². The number of aromatic nitrogens is 1. The Kier molecular flexibility index (Phi) is 7.97. The van der Waals surface area contributed by atoms with E-state index in [1.807, 2.05) is 84.6 Å². The Hall–Kier alpha value is -7.02. The Balaban J connectivity index is 0.999. The van der Waals surface area contributed by atoms with Crippen LogP contribution < -0.4 is 0 Å². The van der Waals surface area contributed by atoms with E-state index in [0.29, 0.717) is 17.0 Å². The standard InChI is InChI=1S/C51H34N4OS/c52-50(33-16-5-2-6-17-33)54-51(53-31-32-14-3-1-4-15-32)41-23-12-22-39-38-21-11-20-35(48(38)56-49(39)41)34-28-29-40-46(30-34)57-45-27-13-26-44(47(40)45)55-42-24-9-7-18-36(42)37-19-8-10-25-43(37)55/h1-28,30-31,40,52H,29H2/b52-50?,53-31+,54-51-. The fraction of sp³-hybridized carbons (Fsp3) is 0.0392. The molecule has 0 spiro atoms. The van der Waals surface area contributed by atoms with Crippen LogP contribution in [-0.2, 0) is 0 Å². The maximum atomic E-state index is 8.90. The second-order valence-electron chi connectivity index (χ2n) is 14.4. The molecule has 2 aliphatic rings. The zero-order valence-electron chi connectivity index (χ0n) is 30.8. The van der Waals surface area contributed by atoms with Crippen molar-refractivity contribution in [3.05, 3.63) is 209 Å². The smallest absolute Gasteiger partial charge is 0.165 e. The molecule has 0 saturated carbocycles. The number of para-hydroxylation sites is 4. The van der Waals surface area contributed by atoms with Crippen LogP contribution >= 0.6 is 11.8 Å². The fourth-order valence-electron chi connectivity index (χ4n) is 8.52. The second-order valence-corrected chi connectivity index (χ2v) is 15.6. The molecule has 1 aliphatic carbocycles. The summed E-state index contributed by atoms with van der Waals surface area (Å²) in [6, 6.07) is 56.3. The summed E-state index contributed by atoms with van der Waals surface area (Å²) in [6.07, 6.45) is 7.44. The first-order valence-corrected chi connectivity index (χ1v) is 20.0. The zero-order valence-corrected chi connectivity index (χ0v) is 31.6. The van der Waals surface area contributed by atoms with Crippen molar-refractivity contribution in [3.63, 3.8) is 0 Å². The zero-order chi connectivity index (χ0) is 37.9. The Labute approximate surface area is 333 Å². The van der Waals surface area contributed by atoms with Gasteiger partial charge in [-0.3, -0.25) is 5.41 Å². The van der Waals surface area contributed by atoms with Crippen LogP contribution in [0.25, 0.3) is 55.0 Å². The van der Waals surface area contributed by atoms with E-state index >= 15 is 0 Å². The van der Waals surface area contributed by atoms with Crippen LogP contribution in [0.1, 0.15) is 40.2 Å². The lowest BCUT2D eigenvalue weighted by molar-refractivity contribution is 0.666. The Bertz CT molecular complexity index is 3150. The summed E-state index contributed by atoms with van der Waals surface area (Å²) >= 11 is 1.89. The predicted molar refractivity (Wildman–Crippen MR) is 238 cm³/mol. The van der Waals surface area contributed by atoms with E-state index in [0.717, 1.165) is 45.0 Å². The first kappa shape index (κ1) is 33.3. The number of nitrogens with zero attached hydrogens (tertiary/aromatic N) is 3. The minimum Gasteiger partial charge on any atom is -0.455 e. The number of aliphatic imine (C=N–C) groups is 2. The van der Waals surface area contributed by atoms with Crippen LogP contribution in [0.4, 0.5) is 0 Å². The molecule has 3 heterocycles. The normalized spacial score (nSPS) is 15.4. The van der Waals surface area contributed by atoms with Crippen molar-refractivity contribution < 1.29 is 4.42 Å². The van der Waals surface area contributed by atoms with Crippen LogP contribution in [0.5, 0.6) is 0 Å². The largest absolute Gasteiger partial charge is 0.455 e. The van der Waals surface area contributed by atoms with Crippen molar-refractivity contribution in [1.29, 1.82) is 5.41 Å². The van der Waals surface area contributed by atoms with Gasteiger partial charge in [0.25, 0.3) is 0 Å². The third-order valence-corrected chi connectivity index (χ3v) is 12.3. The molecular formula is C51H34N4OS. The van der Waals surface area contributed by atoms with Crippen LogP contribution in [0.3, 0.4) is 0 Å². The van der Waals surface area contributed by atoms with Gasteiger partial charge in [0.2, 0.25) is 0 Å². The van der Waals surface area contributed by atoms with Crippen LogP contribution in [0, 0.1) is 5.41 Å². The Morgan fingerprint density at radius 1 is 0.667 bits per heavy atom. The van der Waals surface area contributed by atoms with E-state index in [2.05, 4.69) is 108 Å². The van der Waals surface area contributed by atoms with Gasteiger partial charge in [0.05, 0.1) is 22.3 Å². The topological polar surface area (TPSA) is 66.6 Å². The minimum absolute atomic E-state index is 0.134. The highest BCUT2D eigenvalue weighted by atomic mass is 32.2. The molecule has 0 radical (unpaired) electrons. The van der Waals surface area contributed by atoms with Crippen molar-refractivity contribution >= 4 is 79.0 Å². The number of furan rings is 1. The summed E-state index contributed by atoms with van der Waals surface area (Å²) < 4.78 is 9.37. The van der Waals surface area contributed by atoms with Gasteiger partial charge in [0.15, 0.2) is 11.7 Å². The monoisotopic (exact) mass is 750 g/mol. The van der Waals surface area contributed by atoms with Gasteiger partial charge < -0.3 is 8.98 Å². The summed E-state index contributed by atoms with van der Waals surface area (Å²) in [5, 5.41) is 13.5. The van der Waals surface area contributed by atoms with Crippen LogP contribution in [-0.4, -0.2) is 22.5 Å². The van der Waals surface area contributed by atoms with Crippen molar-refractivity contribution in [2.24, 2.45) is 9.98 Å². The number of fused-ring (bicyclic) bond motifs is 9. The number of amidine groups is 2. The van der Waals surface area contributed by atoms with Crippen LogP contribution in [0.15, 0.2) is 200 Å². The molecule has 1 N–H and O–H groups in total. The number of nitrogens with one attached hydrogen (secondary N) is 1. The summed E-state index contributed by atoms with van der Waals surface area (Å²) in [4.78, 5) is 12.3. The SMILES string of the molecule is N=C(/N=C(\N=C\c1ccccc1)c1cccc2c1oc1c(C3=CCC4C(=C3)Sc3cccc(-n5c6ccccc6c6ccccc65)c34)cccc12)c1ccccc1. The molecule has 1 aliphatic heterocycles. The number of hydrogen-bond donors (Lipinski definition) is 1. The van der Waals surface area contributed by atoms with Gasteiger partial charge in [-0.25, -0.2) is 9.98 Å². The number of benzene rings is 7. The van der Waals surface area contributed by atoms with Crippen LogP contribution in [0.2, 0.25) is 0 Å². The molecule has 7 aromatic carbocycles. The van der Waals surface area contributed by atoms with E-state index in [9.17, 15) is 0 Å². The highest BCUT2D eigenvalue weighted by Crippen LogP contribution is 2.56. The average Bonchev–Trinajstić information content (AvgIpc) is 3.95. The molecule has 5 nitrogen and oxygen atoms in total. The number of allylic oxidation sites excluding steroid dienone is 4. The fourth-order valence-corrected chi connectivity index (χ4v) is 9.82. The molecule has 6 heteroatoms. The average molecular weight is 751 g/mol. The third-order valence-electron chi connectivity index (χ3n) is 11.1. The van der Waals surface area contributed by atoms with Crippen molar-refractivity contribution in [2.75, 3.05) is 0 Å². The predicted octanol–water partition coefficient (Wildman–Crippen LogP) is 13.1. The van der Waals surface area contributed by atoms with Crippen molar-refractivity contribution in [2.45, 2.75) is 17.2 Å². The summed E-state index contributed by atoms with van der Waals surface area (Å²) in [6.45, 7) is 0. The van der Waals surface area contributed by atoms with E-state index in [-0.39, 0.29) is 11.8 Å². The Morgan fingerprint density at radius 3 is 2.09 bits per heavy atom. The molecule has 1 atom stereocenters. The number of rotatable bonds is 5. The highest BCUT2D eigenvalue weighted by Gasteiger charge is 2.34. The highest BCUT2D eigenvalue weighted by molar-refractivity contribution is 8.03. The van der Waals surface area contributed by atoms with Gasteiger partial charge in [-0.2, -0.15) is 0 Å². The van der Waals surface area contributed by atoms with E-state index in [1.54, 1.807) is 6.21 Å². The van der Waals surface area contributed by atoms with E-state index in [1.165, 1.54) is 42.9 Å². The molecule has 2 aromatic heterocycles. The summed E-state index contributed by atoms with van der Waals surface area (Å²) in [5.74, 6) is 0.821. The van der Waals surface area contributed by atoms with Crippen molar-refractivity contribution in [3.8, 4) is 5.69 Å². The minimum atomic E-state index is 0.134. The van der Waals surface area contributed by atoms with E-state index < -0.39 is 0 Å². The van der Waals surface area contributed by atoms with Gasteiger partial charge >= 0.3 is 0 Å². The molecule has 0 fully saturated rings. The molecular weight excluding hydrogens is 717 g/mol. The van der Waals surface area contributed by atoms with Gasteiger partial charge in [-0.1, -0.05) is 151 Å². The lowest BCUT2D eigenvalue weighted by atomic mass is 9.87. The number of thioether (sulfide) groups is 1. The summed E-state index contributed by atoms with van der Waals surface area (Å²) in [7, 11) is 0. The molecule has 1 unspecified atom stereocenters. The first-order valence-electron chi connectivity index (χ1n) is 19.2. The Morgan fingerprint density at radius 2 is 1.32 bits per heavy atom. The lowest BCUT2D eigenvalue weighted by Crippen LogP contribution is -2.05. The molecule has 11 rings (SSSR count). The van der Waals surface area contributed by atoms with Gasteiger partial charge in [0.1, 0.15) is 11.2 Å². The van der Waals surface area contributed by atoms with Gasteiger partial charge in [-0.05, 0) is 64.4 Å². The molecule has 57 heavy (non-hydrogen) atoms.